The lowest BCUT2D eigenvalue weighted by atomic mass is 9.62. The highest BCUT2D eigenvalue weighted by Crippen LogP contribution is 2.55. The van der Waals surface area contributed by atoms with Gasteiger partial charge in [-0.2, -0.15) is 0 Å². The van der Waals surface area contributed by atoms with Crippen molar-refractivity contribution in [3.63, 3.8) is 0 Å². The third-order valence-electron chi connectivity index (χ3n) is 19.3. The molecular weight excluding hydrogens is 845 g/mol. The SMILES string of the molecule is Cc1cc2c(cc1N(c1cc(N(c3ccc4c(c3)C(C)(C)CCC4(C)C)c3cc4c(cc3C)C(C)(C)CCC4(C)C)cc(C(C)(C)C)c1)c1ccc3c(c1)C(C)(C)CCC3(C)C)C(C)(C)CCC2(C)C. The van der Waals surface area contributed by atoms with Gasteiger partial charge in [-0.1, -0.05) is 156 Å². The van der Waals surface area contributed by atoms with Crippen LogP contribution in [0.5, 0.6) is 0 Å². The van der Waals surface area contributed by atoms with E-state index >= 15 is 0 Å². The van der Waals surface area contributed by atoms with Crippen LogP contribution >= 0.6 is 0 Å². The van der Waals surface area contributed by atoms with Crippen molar-refractivity contribution in [1.29, 1.82) is 0 Å². The highest BCUT2D eigenvalue weighted by molar-refractivity contribution is 5.87. The maximum absolute atomic E-state index is 2.67. The Bertz CT molecular complexity index is 2710. The fourth-order valence-electron chi connectivity index (χ4n) is 13.5. The lowest BCUT2D eigenvalue weighted by Crippen LogP contribution is -2.35. The van der Waals surface area contributed by atoms with Gasteiger partial charge in [-0.05, 0) is 230 Å². The van der Waals surface area contributed by atoms with Gasteiger partial charge in [0.15, 0.2) is 0 Å². The second-order valence-electron chi connectivity index (χ2n) is 29.6. The van der Waals surface area contributed by atoms with Crippen LogP contribution in [0.25, 0.3) is 0 Å². The second-order valence-corrected chi connectivity index (χ2v) is 29.6. The molecule has 0 radical (unpaired) electrons. The van der Waals surface area contributed by atoms with Crippen LogP contribution in [-0.2, 0) is 48.7 Å². The summed E-state index contributed by atoms with van der Waals surface area (Å²) in [5, 5.41) is 0. The van der Waals surface area contributed by atoms with Crippen LogP contribution < -0.4 is 9.80 Å². The average molecular weight is 937 g/mol. The van der Waals surface area contributed by atoms with Gasteiger partial charge in [0.2, 0.25) is 0 Å². The molecule has 0 aliphatic heterocycles. The smallest absolute Gasteiger partial charge is 0.0493 e. The molecule has 2 nitrogen and oxygen atoms in total. The molecule has 5 aromatic carbocycles. The average Bonchev–Trinajstić information content (AvgIpc) is 3.25. The van der Waals surface area contributed by atoms with Crippen molar-refractivity contribution in [1.82, 2.24) is 0 Å². The molecule has 0 unspecified atom stereocenters. The van der Waals surface area contributed by atoms with E-state index in [4.69, 9.17) is 0 Å². The lowest BCUT2D eigenvalue weighted by molar-refractivity contribution is 0.331. The Morgan fingerprint density at radius 3 is 0.843 bits per heavy atom. The number of rotatable bonds is 6. The number of anilines is 6. The molecule has 0 saturated heterocycles. The van der Waals surface area contributed by atoms with Crippen molar-refractivity contribution < 1.29 is 0 Å². The fraction of sp³-hybridized carbons (Fsp3) is 0.559. The Labute approximate surface area is 427 Å². The van der Waals surface area contributed by atoms with Crippen molar-refractivity contribution in [3.05, 3.63) is 140 Å². The summed E-state index contributed by atoms with van der Waals surface area (Å²) in [5.41, 5.74) is 24.1. The monoisotopic (exact) mass is 937 g/mol. The minimum Gasteiger partial charge on any atom is -0.310 e. The van der Waals surface area contributed by atoms with E-state index in [1.54, 1.807) is 0 Å². The van der Waals surface area contributed by atoms with E-state index in [1.165, 1.54) is 147 Å². The maximum atomic E-state index is 2.67. The van der Waals surface area contributed by atoms with E-state index in [0.29, 0.717) is 0 Å². The molecule has 4 aliphatic rings. The molecule has 0 heterocycles. The van der Waals surface area contributed by atoms with Crippen LogP contribution in [0.3, 0.4) is 0 Å². The highest BCUT2D eigenvalue weighted by Gasteiger charge is 2.43. The molecule has 5 aromatic rings. The Morgan fingerprint density at radius 1 is 0.300 bits per heavy atom. The molecular formula is C68H92N2. The van der Waals surface area contributed by atoms with Gasteiger partial charge in [0.1, 0.15) is 0 Å². The largest absolute Gasteiger partial charge is 0.310 e. The molecule has 0 bridgehead atoms. The highest BCUT2D eigenvalue weighted by atomic mass is 15.2. The predicted octanol–water partition coefficient (Wildman–Crippen LogP) is 19.9. The molecule has 0 atom stereocenters. The molecule has 0 fully saturated rings. The van der Waals surface area contributed by atoms with Crippen molar-refractivity contribution in [3.8, 4) is 0 Å². The zero-order chi connectivity index (χ0) is 51.3. The Kier molecular flexibility index (Phi) is 11.6. The molecule has 0 aromatic heterocycles. The summed E-state index contributed by atoms with van der Waals surface area (Å²) in [6.45, 7) is 51.5. The van der Waals surface area contributed by atoms with Gasteiger partial charge in [0, 0.05) is 34.1 Å². The summed E-state index contributed by atoms with van der Waals surface area (Å²) >= 11 is 0. The third-order valence-corrected chi connectivity index (χ3v) is 19.3. The predicted molar refractivity (Wildman–Crippen MR) is 305 cm³/mol. The van der Waals surface area contributed by atoms with Crippen LogP contribution in [0.4, 0.5) is 34.1 Å². The van der Waals surface area contributed by atoms with Gasteiger partial charge in [0.05, 0.1) is 0 Å². The second kappa shape index (κ2) is 16.1. The normalized spacial score (nSPS) is 21.7. The molecule has 70 heavy (non-hydrogen) atoms. The quantitative estimate of drug-likeness (QED) is 0.167. The van der Waals surface area contributed by atoms with Gasteiger partial charge < -0.3 is 9.80 Å². The van der Waals surface area contributed by atoms with Crippen LogP contribution in [0.1, 0.15) is 244 Å². The van der Waals surface area contributed by atoms with Crippen molar-refractivity contribution in [2.24, 2.45) is 0 Å². The number of hydrogen-bond donors (Lipinski definition) is 0. The van der Waals surface area contributed by atoms with E-state index < -0.39 is 0 Å². The van der Waals surface area contributed by atoms with E-state index in [2.05, 4.69) is 234 Å². The Hall–Kier alpha value is -4.30. The maximum Gasteiger partial charge on any atom is 0.0493 e. The summed E-state index contributed by atoms with van der Waals surface area (Å²) < 4.78 is 0. The third kappa shape index (κ3) is 8.49. The van der Waals surface area contributed by atoms with Crippen LogP contribution in [0, 0.1) is 13.8 Å². The van der Waals surface area contributed by atoms with E-state index in [0.717, 1.165) is 0 Å². The molecule has 9 rings (SSSR count). The molecule has 0 saturated carbocycles. The van der Waals surface area contributed by atoms with Gasteiger partial charge in [0.25, 0.3) is 0 Å². The van der Waals surface area contributed by atoms with E-state index in [9.17, 15) is 0 Å². The van der Waals surface area contributed by atoms with Crippen LogP contribution in [-0.4, -0.2) is 0 Å². The van der Waals surface area contributed by atoms with Crippen LogP contribution in [0.15, 0.2) is 78.9 Å². The lowest BCUT2D eigenvalue weighted by Gasteiger charge is -2.44. The zero-order valence-corrected chi connectivity index (χ0v) is 48.1. The number of aryl methyl sites for hydroxylation is 2. The molecule has 0 amide bonds. The first-order chi connectivity index (χ1) is 32.1. The topological polar surface area (TPSA) is 6.48 Å². The van der Waals surface area contributed by atoms with Gasteiger partial charge in [-0.3, -0.25) is 0 Å². The minimum absolute atomic E-state index is 0.0666. The van der Waals surface area contributed by atoms with Crippen molar-refractivity contribution in [2.75, 3.05) is 9.80 Å². The minimum atomic E-state index is -0.125. The van der Waals surface area contributed by atoms with Crippen molar-refractivity contribution in [2.45, 2.75) is 245 Å². The number of benzene rings is 5. The molecule has 0 N–H and O–H groups in total. The number of hydrogen-bond acceptors (Lipinski definition) is 2. The summed E-state index contributed by atoms with van der Waals surface area (Å²) in [5.74, 6) is 0. The summed E-state index contributed by atoms with van der Waals surface area (Å²) in [7, 11) is 0. The van der Waals surface area contributed by atoms with E-state index in [-0.39, 0.29) is 48.7 Å². The molecule has 4 aliphatic carbocycles. The standard InChI is InChI=1S/C68H92N2/c1-43-34-52-56(67(18,19)32-30-63(52,10)11)41-58(43)69(46-22-24-50-54(39-46)65(14,15)28-26-61(50,6)7)48-36-45(60(3,4)5)37-49(38-48)70(47-23-25-51-55(40-47)66(16,17)29-27-62(51,8)9)59-42-57-53(35-44(59)2)64(12,13)31-33-68(57,20)21/h22-25,34-42H,26-33H2,1-21H3. The van der Waals surface area contributed by atoms with Gasteiger partial charge in [-0.25, -0.2) is 0 Å². The molecule has 2 heteroatoms. The summed E-state index contributed by atoms with van der Waals surface area (Å²) in [4.78, 5) is 5.35. The zero-order valence-electron chi connectivity index (χ0n) is 48.1. The Balaban J connectivity index is 1.38. The number of fused-ring (bicyclic) bond motifs is 4. The van der Waals surface area contributed by atoms with Crippen LogP contribution in [0.2, 0.25) is 0 Å². The first kappa shape index (κ1) is 50.6. The first-order valence-corrected chi connectivity index (χ1v) is 27.4. The number of nitrogens with zero attached hydrogens (tertiary/aromatic N) is 2. The van der Waals surface area contributed by atoms with Gasteiger partial charge >= 0.3 is 0 Å². The van der Waals surface area contributed by atoms with E-state index in [1.807, 2.05) is 0 Å². The van der Waals surface area contributed by atoms with Crippen molar-refractivity contribution >= 4 is 34.1 Å². The summed E-state index contributed by atoms with van der Waals surface area (Å²) in [6, 6.07) is 33.1. The fourth-order valence-corrected chi connectivity index (χ4v) is 13.5. The molecule has 374 valence electrons. The van der Waals surface area contributed by atoms with Gasteiger partial charge in [-0.15, -0.1) is 0 Å². The molecule has 0 spiro atoms. The summed E-state index contributed by atoms with van der Waals surface area (Å²) in [6.07, 6.45) is 9.52. The first-order valence-electron chi connectivity index (χ1n) is 27.4. The Morgan fingerprint density at radius 2 is 0.557 bits per heavy atom.